The first kappa shape index (κ1) is 12.8. The SMILES string of the molecule is CCN(CC)C(=O)Nc1c(F)cccc1Cl. The number of hydrogen-bond donors (Lipinski definition) is 1. The largest absolute Gasteiger partial charge is 0.325 e. The molecule has 0 aromatic heterocycles. The van der Waals surface area contributed by atoms with Crippen molar-refractivity contribution < 1.29 is 9.18 Å². The molecule has 0 unspecified atom stereocenters. The van der Waals surface area contributed by atoms with E-state index in [1.165, 1.54) is 18.2 Å². The van der Waals surface area contributed by atoms with Gasteiger partial charge in [-0.05, 0) is 26.0 Å². The third kappa shape index (κ3) is 2.85. The number of para-hydroxylation sites is 1. The molecule has 16 heavy (non-hydrogen) atoms. The summed E-state index contributed by atoms with van der Waals surface area (Å²) in [7, 11) is 0. The Morgan fingerprint density at radius 3 is 2.56 bits per heavy atom. The van der Waals surface area contributed by atoms with Gasteiger partial charge in [-0.1, -0.05) is 17.7 Å². The summed E-state index contributed by atoms with van der Waals surface area (Å²) in [5.74, 6) is -0.534. The maximum atomic E-state index is 13.4. The molecule has 1 N–H and O–H groups in total. The van der Waals surface area contributed by atoms with Gasteiger partial charge in [0.2, 0.25) is 0 Å². The summed E-state index contributed by atoms with van der Waals surface area (Å²) in [5, 5.41) is 2.66. The highest BCUT2D eigenvalue weighted by Crippen LogP contribution is 2.24. The van der Waals surface area contributed by atoms with Crippen LogP contribution < -0.4 is 5.32 Å². The minimum Gasteiger partial charge on any atom is -0.325 e. The second kappa shape index (κ2) is 5.70. The molecule has 0 aliphatic heterocycles. The van der Waals surface area contributed by atoms with Crippen LogP contribution in [0.25, 0.3) is 0 Å². The first-order valence-electron chi connectivity index (χ1n) is 5.10. The molecule has 0 heterocycles. The highest BCUT2D eigenvalue weighted by molar-refractivity contribution is 6.33. The summed E-state index contributed by atoms with van der Waals surface area (Å²) < 4.78 is 13.4. The van der Waals surface area contributed by atoms with Crippen molar-refractivity contribution >= 4 is 23.3 Å². The van der Waals surface area contributed by atoms with Crippen LogP contribution in [0.15, 0.2) is 18.2 Å². The predicted molar refractivity (Wildman–Crippen MR) is 63.3 cm³/mol. The Balaban J connectivity index is 2.84. The van der Waals surface area contributed by atoms with Gasteiger partial charge < -0.3 is 10.2 Å². The number of rotatable bonds is 3. The predicted octanol–water partition coefficient (Wildman–Crippen LogP) is 3.35. The van der Waals surface area contributed by atoms with E-state index in [0.717, 1.165) is 0 Å². The molecule has 1 rings (SSSR count). The quantitative estimate of drug-likeness (QED) is 0.869. The van der Waals surface area contributed by atoms with E-state index < -0.39 is 5.82 Å². The van der Waals surface area contributed by atoms with Crippen LogP contribution in [-0.4, -0.2) is 24.0 Å². The van der Waals surface area contributed by atoms with Gasteiger partial charge in [0.05, 0.1) is 10.7 Å². The van der Waals surface area contributed by atoms with Crippen LogP contribution in [0.3, 0.4) is 0 Å². The third-order valence-electron chi connectivity index (χ3n) is 2.25. The Kier molecular flexibility index (Phi) is 4.55. The number of halogens is 2. The van der Waals surface area contributed by atoms with Crippen molar-refractivity contribution in [2.45, 2.75) is 13.8 Å². The number of carbonyl (C=O) groups is 1. The minimum absolute atomic E-state index is 0.0288. The standard InChI is InChI=1S/C11H14ClFN2O/c1-3-15(4-2)11(16)14-10-8(12)6-5-7-9(10)13/h5-7H,3-4H2,1-2H3,(H,14,16). The van der Waals surface area contributed by atoms with Crippen LogP contribution in [0.5, 0.6) is 0 Å². The molecule has 88 valence electrons. The Morgan fingerprint density at radius 2 is 2.06 bits per heavy atom. The molecule has 0 saturated heterocycles. The summed E-state index contributed by atoms with van der Waals surface area (Å²) in [6.07, 6.45) is 0. The monoisotopic (exact) mass is 244 g/mol. The maximum Gasteiger partial charge on any atom is 0.321 e. The number of benzene rings is 1. The number of urea groups is 1. The molecule has 0 radical (unpaired) electrons. The zero-order valence-electron chi connectivity index (χ0n) is 9.26. The Labute approximate surface area is 99.2 Å². The van der Waals surface area contributed by atoms with Crippen LogP contribution in [-0.2, 0) is 0 Å². The summed E-state index contributed by atoms with van der Waals surface area (Å²) in [5.41, 5.74) is 0.0288. The summed E-state index contributed by atoms with van der Waals surface area (Å²) in [6, 6.07) is 3.92. The lowest BCUT2D eigenvalue weighted by atomic mass is 10.3. The van der Waals surface area contributed by atoms with Gasteiger partial charge in [-0.15, -0.1) is 0 Å². The van der Waals surface area contributed by atoms with E-state index in [1.807, 2.05) is 13.8 Å². The number of carbonyl (C=O) groups excluding carboxylic acids is 1. The van der Waals surface area contributed by atoms with E-state index in [4.69, 9.17) is 11.6 Å². The molecule has 1 aromatic carbocycles. The van der Waals surface area contributed by atoms with Gasteiger partial charge >= 0.3 is 6.03 Å². The lowest BCUT2D eigenvalue weighted by Crippen LogP contribution is -2.34. The zero-order valence-corrected chi connectivity index (χ0v) is 10.0. The number of nitrogens with zero attached hydrogens (tertiary/aromatic N) is 1. The molecular formula is C11H14ClFN2O. The lowest BCUT2D eigenvalue weighted by molar-refractivity contribution is 0.217. The molecule has 0 aliphatic rings. The van der Waals surface area contributed by atoms with Gasteiger partial charge in [0, 0.05) is 13.1 Å². The van der Waals surface area contributed by atoms with Crippen molar-refractivity contribution in [2.24, 2.45) is 0 Å². The molecular weight excluding hydrogens is 231 g/mol. The Bertz CT molecular complexity index is 360. The number of hydrogen-bond acceptors (Lipinski definition) is 1. The lowest BCUT2D eigenvalue weighted by Gasteiger charge is -2.19. The van der Waals surface area contributed by atoms with E-state index in [1.54, 1.807) is 4.90 Å². The van der Waals surface area contributed by atoms with Crippen molar-refractivity contribution in [1.29, 1.82) is 0 Å². The van der Waals surface area contributed by atoms with Gasteiger partial charge in [0.25, 0.3) is 0 Å². The van der Waals surface area contributed by atoms with Crippen molar-refractivity contribution in [2.75, 3.05) is 18.4 Å². The molecule has 0 aliphatic carbocycles. The summed E-state index contributed by atoms with van der Waals surface area (Å²) >= 11 is 5.79. The Hall–Kier alpha value is -1.29. The van der Waals surface area contributed by atoms with Crippen LogP contribution >= 0.6 is 11.6 Å². The van der Waals surface area contributed by atoms with E-state index in [9.17, 15) is 9.18 Å². The maximum absolute atomic E-state index is 13.4. The third-order valence-corrected chi connectivity index (χ3v) is 2.56. The topological polar surface area (TPSA) is 32.3 Å². The average Bonchev–Trinajstić information content (AvgIpc) is 2.25. The minimum atomic E-state index is -0.534. The highest BCUT2D eigenvalue weighted by Gasteiger charge is 2.14. The zero-order chi connectivity index (χ0) is 12.1. The van der Waals surface area contributed by atoms with Crippen LogP contribution in [0, 0.1) is 5.82 Å². The highest BCUT2D eigenvalue weighted by atomic mass is 35.5. The van der Waals surface area contributed by atoms with Crippen LogP contribution in [0.4, 0.5) is 14.9 Å². The first-order valence-corrected chi connectivity index (χ1v) is 5.47. The van der Waals surface area contributed by atoms with Crippen molar-refractivity contribution in [3.05, 3.63) is 29.0 Å². The van der Waals surface area contributed by atoms with Gasteiger partial charge in [-0.2, -0.15) is 0 Å². The molecule has 0 spiro atoms. The first-order chi connectivity index (χ1) is 7.60. The molecule has 0 bridgehead atoms. The normalized spacial score (nSPS) is 10.0. The molecule has 5 heteroatoms. The van der Waals surface area contributed by atoms with Crippen molar-refractivity contribution in [3.8, 4) is 0 Å². The second-order valence-corrected chi connectivity index (χ2v) is 3.61. The number of anilines is 1. The smallest absolute Gasteiger partial charge is 0.321 e. The van der Waals surface area contributed by atoms with E-state index in [-0.39, 0.29) is 16.7 Å². The van der Waals surface area contributed by atoms with Gasteiger partial charge in [-0.3, -0.25) is 0 Å². The van der Waals surface area contributed by atoms with E-state index in [0.29, 0.717) is 13.1 Å². The van der Waals surface area contributed by atoms with Gasteiger partial charge in [-0.25, -0.2) is 9.18 Å². The Morgan fingerprint density at radius 1 is 1.44 bits per heavy atom. The number of amides is 2. The van der Waals surface area contributed by atoms with Gasteiger partial charge in [0.1, 0.15) is 5.82 Å². The van der Waals surface area contributed by atoms with Gasteiger partial charge in [0.15, 0.2) is 0 Å². The molecule has 0 saturated carbocycles. The van der Waals surface area contributed by atoms with Crippen molar-refractivity contribution in [1.82, 2.24) is 4.90 Å². The molecule has 1 aromatic rings. The molecule has 3 nitrogen and oxygen atoms in total. The van der Waals surface area contributed by atoms with Crippen molar-refractivity contribution in [3.63, 3.8) is 0 Å². The average molecular weight is 245 g/mol. The second-order valence-electron chi connectivity index (χ2n) is 3.20. The fraction of sp³-hybridized carbons (Fsp3) is 0.364. The molecule has 2 amide bonds. The fourth-order valence-electron chi connectivity index (χ4n) is 1.31. The molecule has 0 fully saturated rings. The van der Waals surface area contributed by atoms with E-state index >= 15 is 0 Å². The fourth-order valence-corrected chi connectivity index (χ4v) is 1.52. The number of nitrogens with one attached hydrogen (secondary N) is 1. The summed E-state index contributed by atoms with van der Waals surface area (Å²) in [4.78, 5) is 13.2. The van der Waals surface area contributed by atoms with E-state index in [2.05, 4.69) is 5.32 Å². The van der Waals surface area contributed by atoms with Crippen LogP contribution in [0.2, 0.25) is 5.02 Å². The summed E-state index contributed by atoms with van der Waals surface area (Å²) in [6.45, 7) is 4.83. The van der Waals surface area contributed by atoms with Crippen LogP contribution in [0.1, 0.15) is 13.8 Å². The molecule has 0 atom stereocenters.